The lowest BCUT2D eigenvalue weighted by atomic mass is 9.95. The third kappa shape index (κ3) is 3.77. The Balaban J connectivity index is 2.11. The van der Waals surface area contributed by atoms with Crippen molar-refractivity contribution in [3.05, 3.63) is 76.3 Å². The first-order valence-corrected chi connectivity index (χ1v) is 9.07. The van der Waals surface area contributed by atoms with Gasteiger partial charge < -0.3 is 19.9 Å². The molecular formula is C21H17ClNO5-. The molecule has 1 aliphatic heterocycles. The number of halogens is 1. The Labute approximate surface area is 166 Å². The van der Waals surface area contributed by atoms with E-state index in [1.165, 1.54) is 4.90 Å². The number of amides is 1. The summed E-state index contributed by atoms with van der Waals surface area (Å²) in [6.45, 7) is 0.0139. The second-order valence-corrected chi connectivity index (χ2v) is 6.76. The van der Waals surface area contributed by atoms with Crippen LogP contribution in [0.3, 0.4) is 0 Å². The number of carbonyl (C=O) groups is 3. The minimum atomic E-state index is -1.24. The summed E-state index contributed by atoms with van der Waals surface area (Å²) >= 11 is 6.31. The molecule has 3 rings (SSSR count). The third-order valence-corrected chi connectivity index (χ3v) is 4.91. The SMILES string of the molecule is O=C([O-])CCCN1C(=O)C(=O)C(=C(O)c2ccccc2)[C@H]1c1ccccc1Cl. The Kier molecular flexibility index (Phi) is 5.80. The van der Waals surface area contributed by atoms with E-state index in [-0.39, 0.29) is 30.7 Å². The first-order chi connectivity index (χ1) is 13.4. The molecule has 0 spiro atoms. The Bertz CT molecular complexity index is 954. The zero-order valence-electron chi connectivity index (χ0n) is 14.8. The highest BCUT2D eigenvalue weighted by molar-refractivity contribution is 6.47. The van der Waals surface area contributed by atoms with E-state index in [4.69, 9.17) is 11.6 Å². The van der Waals surface area contributed by atoms with Crippen molar-refractivity contribution < 1.29 is 24.6 Å². The van der Waals surface area contributed by atoms with Crippen molar-refractivity contribution in [2.24, 2.45) is 0 Å². The highest BCUT2D eigenvalue weighted by Gasteiger charge is 2.46. The van der Waals surface area contributed by atoms with E-state index in [0.29, 0.717) is 16.1 Å². The molecule has 1 saturated heterocycles. The molecule has 7 heteroatoms. The van der Waals surface area contributed by atoms with E-state index in [0.717, 1.165) is 0 Å². The monoisotopic (exact) mass is 398 g/mol. The average Bonchev–Trinajstić information content (AvgIpc) is 2.93. The number of hydrogen-bond donors (Lipinski definition) is 1. The number of likely N-dealkylation sites (tertiary alicyclic amines) is 1. The topological polar surface area (TPSA) is 97.7 Å². The number of benzene rings is 2. The molecule has 28 heavy (non-hydrogen) atoms. The van der Waals surface area contributed by atoms with Crippen LogP contribution in [-0.4, -0.2) is 34.2 Å². The van der Waals surface area contributed by atoms with Gasteiger partial charge in [0.15, 0.2) is 0 Å². The number of rotatable bonds is 6. The molecule has 0 radical (unpaired) electrons. The van der Waals surface area contributed by atoms with E-state index in [9.17, 15) is 24.6 Å². The van der Waals surface area contributed by atoms with Gasteiger partial charge in [-0.05, 0) is 24.5 Å². The quantitative estimate of drug-likeness (QED) is 0.457. The molecule has 1 amide bonds. The Hall–Kier alpha value is -3.12. The van der Waals surface area contributed by atoms with Crippen molar-refractivity contribution in [2.75, 3.05) is 6.54 Å². The maximum absolute atomic E-state index is 12.7. The molecule has 0 bridgehead atoms. The highest BCUT2D eigenvalue weighted by Crippen LogP contribution is 2.41. The second-order valence-electron chi connectivity index (χ2n) is 6.36. The van der Waals surface area contributed by atoms with E-state index in [2.05, 4.69) is 0 Å². The summed E-state index contributed by atoms with van der Waals surface area (Å²) in [5, 5.41) is 21.9. The summed E-state index contributed by atoms with van der Waals surface area (Å²) in [5.74, 6) is -3.18. The first-order valence-electron chi connectivity index (χ1n) is 8.70. The lowest BCUT2D eigenvalue weighted by Crippen LogP contribution is -2.32. The van der Waals surface area contributed by atoms with Gasteiger partial charge in [-0.3, -0.25) is 9.59 Å². The van der Waals surface area contributed by atoms with Crippen molar-refractivity contribution >= 4 is 35.0 Å². The summed E-state index contributed by atoms with van der Waals surface area (Å²) in [5.41, 5.74) is 0.805. The summed E-state index contributed by atoms with van der Waals surface area (Å²) in [6, 6.07) is 14.2. The Morgan fingerprint density at radius 3 is 2.36 bits per heavy atom. The largest absolute Gasteiger partial charge is 0.550 e. The summed E-state index contributed by atoms with van der Waals surface area (Å²) in [4.78, 5) is 37.4. The number of nitrogens with zero attached hydrogens (tertiary/aromatic N) is 1. The van der Waals surface area contributed by atoms with Gasteiger partial charge in [-0.2, -0.15) is 0 Å². The van der Waals surface area contributed by atoms with Gasteiger partial charge in [-0.25, -0.2) is 0 Å². The highest BCUT2D eigenvalue weighted by atomic mass is 35.5. The maximum Gasteiger partial charge on any atom is 0.295 e. The zero-order valence-corrected chi connectivity index (χ0v) is 15.6. The van der Waals surface area contributed by atoms with E-state index >= 15 is 0 Å². The number of carboxylic acid groups (broad SMARTS) is 1. The van der Waals surface area contributed by atoms with E-state index < -0.39 is 23.7 Å². The number of hydrogen-bond acceptors (Lipinski definition) is 5. The van der Waals surface area contributed by atoms with Crippen LogP contribution < -0.4 is 5.11 Å². The molecule has 6 nitrogen and oxygen atoms in total. The lowest BCUT2D eigenvalue weighted by molar-refractivity contribution is -0.305. The van der Waals surface area contributed by atoms with Gasteiger partial charge in [0.1, 0.15) is 5.76 Å². The fourth-order valence-electron chi connectivity index (χ4n) is 3.28. The van der Waals surface area contributed by atoms with Crippen molar-refractivity contribution in [2.45, 2.75) is 18.9 Å². The van der Waals surface area contributed by atoms with Crippen LogP contribution in [0.25, 0.3) is 5.76 Å². The minimum Gasteiger partial charge on any atom is -0.550 e. The molecule has 1 N–H and O–H groups in total. The van der Waals surface area contributed by atoms with Crippen molar-refractivity contribution in [3.8, 4) is 0 Å². The molecule has 1 atom stereocenters. The van der Waals surface area contributed by atoms with Gasteiger partial charge in [0.2, 0.25) is 0 Å². The summed E-state index contributed by atoms with van der Waals surface area (Å²) < 4.78 is 0. The van der Waals surface area contributed by atoms with Gasteiger partial charge in [-0.1, -0.05) is 60.1 Å². The predicted molar refractivity (Wildman–Crippen MR) is 101 cm³/mol. The second kappa shape index (κ2) is 8.27. The van der Waals surface area contributed by atoms with Crippen LogP contribution in [0.4, 0.5) is 0 Å². The number of aliphatic carboxylic acids is 1. The fourth-order valence-corrected chi connectivity index (χ4v) is 3.52. The van der Waals surface area contributed by atoms with E-state index in [1.807, 2.05) is 0 Å². The molecule has 2 aromatic carbocycles. The number of carbonyl (C=O) groups excluding carboxylic acids is 3. The van der Waals surface area contributed by atoms with Crippen LogP contribution in [0.15, 0.2) is 60.2 Å². The first kappa shape index (κ1) is 19.6. The fraction of sp³-hybridized carbons (Fsp3) is 0.190. The van der Waals surface area contributed by atoms with Crippen molar-refractivity contribution in [3.63, 3.8) is 0 Å². The van der Waals surface area contributed by atoms with Gasteiger partial charge >= 0.3 is 0 Å². The maximum atomic E-state index is 12.7. The molecule has 1 aliphatic rings. The van der Waals surface area contributed by atoms with Crippen LogP contribution >= 0.6 is 11.6 Å². The molecule has 1 heterocycles. The number of Topliss-reactive ketones (excluding diaryl/α,β-unsaturated/α-hetero) is 1. The van der Waals surface area contributed by atoms with Gasteiger partial charge in [-0.15, -0.1) is 0 Å². The van der Waals surface area contributed by atoms with Gasteiger partial charge in [0.25, 0.3) is 11.7 Å². The molecule has 0 saturated carbocycles. The Morgan fingerprint density at radius 2 is 1.71 bits per heavy atom. The average molecular weight is 399 g/mol. The lowest BCUT2D eigenvalue weighted by Gasteiger charge is -2.26. The summed E-state index contributed by atoms with van der Waals surface area (Å²) in [6.07, 6.45) is -0.140. The zero-order chi connectivity index (χ0) is 20.3. The molecule has 144 valence electrons. The van der Waals surface area contributed by atoms with E-state index in [1.54, 1.807) is 54.6 Å². The molecule has 0 unspecified atom stereocenters. The van der Waals surface area contributed by atoms with Crippen LogP contribution in [0.2, 0.25) is 5.02 Å². The number of carboxylic acids is 1. The normalized spacial score (nSPS) is 18.5. The molecule has 2 aromatic rings. The Morgan fingerprint density at radius 1 is 1.07 bits per heavy atom. The van der Waals surface area contributed by atoms with Gasteiger partial charge in [0.05, 0.1) is 11.6 Å². The summed E-state index contributed by atoms with van der Waals surface area (Å²) in [7, 11) is 0. The van der Waals surface area contributed by atoms with Gasteiger partial charge in [0, 0.05) is 23.1 Å². The van der Waals surface area contributed by atoms with Crippen molar-refractivity contribution in [1.82, 2.24) is 4.90 Å². The van der Waals surface area contributed by atoms with Crippen molar-refractivity contribution in [1.29, 1.82) is 0 Å². The standard InChI is InChI=1S/C21H18ClNO5/c22-15-10-5-4-9-14(15)18-17(19(26)13-7-2-1-3-8-13)20(27)21(28)23(18)12-6-11-16(24)25/h1-5,7-10,18,26H,6,11-12H2,(H,24,25)/p-1/t18-/m1/s1. The van der Waals surface area contributed by atoms with Crippen LogP contribution in [0, 0.1) is 0 Å². The van der Waals surface area contributed by atoms with Crippen LogP contribution in [0.1, 0.15) is 30.0 Å². The smallest absolute Gasteiger partial charge is 0.295 e. The minimum absolute atomic E-state index is 0.0139. The molecule has 0 aliphatic carbocycles. The molecule has 1 fully saturated rings. The van der Waals surface area contributed by atoms with Crippen LogP contribution in [0.5, 0.6) is 0 Å². The molecule has 0 aromatic heterocycles. The van der Waals surface area contributed by atoms with Crippen LogP contribution in [-0.2, 0) is 14.4 Å². The third-order valence-electron chi connectivity index (χ3n) is 4.57. The number of aliphatic hydroxyl groups excluding tert-OH is 1. The number of ketones is 1. The number of aliphatic hydroxyl groups is 1. The molecular weight excluding hydrogens is 382 g/mol. The predicted octanol–water partition coefficient (Wildman–Crippen LogP) is 2.29.